The number of halogens is 1. The molecule has 4 aromatic heterocycles. The molecule has 6 rings (SSSR count). The predicted octanol–water partition coefficient (Wildman–Crippen LogP) is 6.38. The third-order valence-electron chi connectivity index (χ3n) is 7.12. The van der Waals surface area contributed by atoms with Crippen molar-refractivity contribution in [1.29, 1.82) is 0 Å². The zero-order valence-corrected chi connectivity index (χ0v) is 32.8. The molecule has 0 saturated carbocycles. The molecule has 0 saturated heterocycles. The summed E-state index contributed by atoms with van der Waals surface area (Å²) in [6.07, 6.45) is 0. The fraction of sp³-hybridized carbons (Fsp3) is 0.176. The molecule has 53 heavy (non-hydrogen) atoms. The van der Waals surface area contributed by atoms with Gasteiger partial charge in [-0.1, -0.05) is 24.3 Å². The van der Waals surface area contributed by atoms with E-state index in [9.17, 15) is 36.0 Å². The number of sulfonamides is 1. The Balaban J connectivity index is 0.000000197. The van der Waals surface area contributed by atoms with E-state index >= 15 is 0 Å². The van der Waals surface area contributed by atoms with Gasteiger partial charge in [-0.25, -0.2) is 36.0 Å². The highest BCUT2D eigenvalue weighted by Crippen LogP contribution is 2.34. The van der Waals surface area contributed by atoms with Crippen LogP contribution in [0.3, 0.4) is 0 Å². The number of nitrogens with one attached hydrogen (secondary N) is 1. The number of carbonyl (C=O) groups is 2. The number of anilines is 2. The number of methoxy groups -OCH3 is 2. The van der Waals surface area contributed by atoms with Gasteiger partial charge in [-0.05, 0) is 61.4 Å². The molecule has 19 heteroatoms. The molecule has 6 aromatic rings. The summed E-state index contributed by atoms with van der Waals surface area (Å²) >= 11 is 2.48. The molecular weight excluding hydrogens is 792 g/mol. The Kier molecular flexibility index (Phi) is 12.9. The van der Waals surface area contributed by atoms with Crippen molar-refractivity contribution in [2.24, 2.45) is 0 Å². The maximum absolute atomic E-state index is 12.8. The van der Waals surface area contributed by atoms with Crippen LogP contribution in [0.1, 0.15) is 31.8 Å². The van der Waals surface area contributed by atoms with Crippen LogP contribution in [0.15, 0.2) is 101 Å². The van der Waals surface area contributed by atoms with Crippen LogP contribution in [0.2, 0.25) is 0 Å². The van der Waals surface area contributed by atoms with Gasteiger partial charge in [-0.3, -0.25) is 4.31 Å². The van der Waals surface area contributed by atoms with E-state index in [0.717, 1.165) is 43.6 Å². The van der Waals surface area contributed by atoms with Crippen LogP contribution < -0.4 is 20.9 Å². The summed E-state index contributed by atoms with van der Waals surface area (Å²) in [5, 5.41) is 4.15. The van der Waals surface area contributed by atoms with Crippen molar-refractivity contribution < 1.29 is 44.7 Å². The van der Waals surface area contributed by atoms with Gasteiger partial charge in [0.15, 0.2) is 11.2 Å². The van der Waals surface area contributed by atoms with E-state index in [1.807, 2.05) is 26.0 Å². The summed E-state index contributed by atoms with van der Waals surface area (Å²) in [7, 11) is 3.35. The molecule has 0 amide bonds. The molecule has 0 fully saturated rings. The maximum Gasteiger partial charge on any atom is 0.351 e. The van der Waals surface area contributed by atoms with Crippen molar-refractivity contribution in [1.82, 2.24) is 0 Å². The first kappa shape index (κ1) is 40.8. The molecule has 0 aliphatic rings. The van der Waals surface area contributed by atoms with Crippen LogP contribution in [0.25, 0.3) is 20.6 Å². The smallest absolute Gasteiger partial charge is 0.351 e. The van der Waals surface area contributed by atoms with Crippen molar-refractivity contribution in [2.45, 2.75) is 23.6 Å². The molecule has 0 aliphatic carbocycles. The number of carbonyl (C=O) groups excluding carboxylic acids is 2. The first-order valence-electron chi connectivity index (χ1n) is 15.0. The standard InChI is InChI=1S/C17H15NO6S2.C10H9NO4S.C7H7ClO2S/c1-10-5-4-6-11(7-10)26(21,22)18(2)15-9-13-14(25-15)8-12(16(19)23-3)17(20)24-13;1-11-8-4-6-7(16-8)3-5(9(12)14-2)10(13)15-6;1-6-3-2-4-7(5-6)11(8,9)10/h4-9H,1-3H3;3-4,11H,1-2H3;2-5H,1H3. The van der Waals surface area contributed by atoms with Gasteiger partial charge >= 0.3 is 23.2 Å². The van der Waals surface area contributed by atoms with Crippen LogP contribution in [-0.2, 0) is 28.5 Å². The number of ether oxygens (including phenoxy) is 2. The topological polar surface area (TPSA) is 197 Å². The van der Waals surface area contributed by atoms with Gasteiger partial charge in [0, 0.05) is 36.9 Å². The largest absolute Gasteiger partial charge is 0.465 e. The lowest BCUT2D eigenvalue weighted by Crippen LogP contribution is -2.25. The SMILES string of the molecule is CNc1cc2oc(=O)c(C(=O)OC)cc2s1.COC(=O)c1cc2sc(N(C)S(=O)(=O)c3cccc(C)c3)cc2oc1=O.Cc1cccc(S(=O)(=O)Cl)c1. The van der Waals surface area contributed by atoms with Gasteiger partial charge in [0.25, 0.3) is 19.1 Å². The van der Waals surface area contributed by atoms with Gasteiger partial charge < -0.3 is 23.6 Å². The molecule has 280 valence electrons. The zero-order chi connectivity index (χ0) is 39.2. The van der Waals surface area contributed by atoms with E-state index in [2.05, 4.69) is 14.8 Å². The van der Waals surface area contributed by atoms with E-state index in [-0.39, 0.29) is 26.5 Å². The minimum atomic E-state index is -3.77. The molecular formula is C34H31ClN2O12S4. The Bertz CT molecular complexity index is 2660. The van der Waals surface area contributed by atoms with Crippen molar-refractivity contribution in [3.8, 4) is 0 Å². The summed E-state index contributed by atoms with van der Waals surface area (Å²) in [5.74, 6) is -1.49. The highest BCUT2D eigenvalue weighted by atomic mass is 35.7. The summed E-state index contributed by atoms with van der Waals surface area (Å²) in [4.78, 5) is 46.5. The molecule has 0 atom stereocenters. The summed E-state index contributed by atoms with van der Waals surface area (Å²) < 4.78 is 68.6. The fourth-order valence-electron chi connectivity index (χ4n) is 4.42. The lowest BCUT2D eigenvalue weighted by molar-refractivity contribution is 0.0587. The van der Waals surface area contributed by atoms with Crippen LogP contribution >= 0.6 is 33.4 Å². The number of thiophene rings is 2. The molecule has 0 spiro atoms. The van der Waals surface area contributed by atoms with E-state index in [0.29, 0.717) is 15.3 Å². The molecule has 1 N–H and O–H groups in total. The first-order valence-corrected chi connectivity index (χ1v) is 20.3. The predicted molar refractivity (Wildman–Crippen MR) is 204 cm³/mol. The number of hydrogen-bond acceptors (Lipinski definition) is 15. The lowest BCUT2D eigenvalue weighted by Gasteiger charge is -2.17. The Morgan fingerprint density at radius 1 is 0.736 bits per heavy atom. The molecule has 0 radical (unpaired) electrons. The summed E-state index contributed by atoms with van der Waals surface area (Å²) in [5.41, 5.74) is 0.534. The van der Waals surface area contributed by atoms with Gasteiger partial charge in [0.2, 0.25) is 0 Å². The minimum Gasteiger partial charge on any atom is -0.465 e. The van der Waals surface area contributed by atoms with Crippen LogP contribution in [0.5, 0.6) is 0 Å². The highest BCUT2D eigenvalue weighted by molar-refractivity contribution is 8.13. The Morgan fingerprint density at radius 3 is 1.66 bits per heavy atom. The normalized spacial score (nSPS) is 11.2. The van der Waals surface area contributed by atoms with Crippen LogP contribution in [-0.4, -0.2) is 57.1 Å². The first-order chi connectivity index (χ1) is 24.9. The molecule has 0 aliphatic heterocycles. The highest BCUT2D eigenvalue weighted by Gasteiger charge is 2.24. The average Bonchev–Trinajstić information content (AvgIpc) is 3.73. The average molecular weight is 823 g/mol. The Hall–Kier alpha value is -5.01. The Morgan fingerprint density at radius 2 is 1.21 bits per heavy atom. The number of aryl methyl sites for hydroxylation is 2. The Labute approximate surface area is 315 Å². The fourth-order valence-corrected chi connectivity index (χ4v) is 8.65. The number of fused-ring (bicyclic) bond motifs is 2. The number of esters is 2. The number of benzene rings is 2. The molecule has 4 heterocycles. The van der Waals surface area contributed by atoms with E-state index in [1.165, 1.54) is 61.9 Å². The second kappa shape index (κ2) is 16.8. The second-order valence-electron chi connectivity index (χ2n) is 10.8. The third-order valence-corrected chi connectivity index (χ3v) is 12.6. The van der Waals surface area contributed by atoms with Crippen LogP contribution in [0, 0.1) is 13.8 Å². The van der Waals surface area contributed by atoms with Crippen molar-refractivity contribution in [2.75, 3.05) is 37.9 Å². The monoisotopic (exact) mass is 822 g/mol. The minimum absolute atomic E-state index is 0.0838. The van der Waals surface area contributed by atoms with Crippen LogP contribution in [0.4, 0.5) is 10.0 Å². The lowest BCUT2D eigenvalue weighted by atomic mass is 10.2. The zero-order valence-electron chi connectivity index (χ0n) is 28.8. The number of nitrogens with zero attached hydrogens (tertiary/aromatic N) is 1. The second-order valence-corrected chi connectivity index (χ2v) is 17.5. The molecule has 0 bridgehead atoms. The van der Waals surface area contributed by atoms with Gasteiger partial charge in [-0.2, -0.15) is 0 Å². The number of rotatable bonds is 7. The van der Waals surface area contributed by atoms with E-state index < -0.39 is 42.3 Å². The van der Waals surface area contributed by atoms with E-state index in [1.54, 1.807) is 31.3 Å². The quantitative estimate of drug-likeness (QED) is 0.138. The van der Waals surface area contributed by atoms with Crippen molar-refractivity contribution in [3.05, 3.63) is 116 Å². The van der Waals surface area contributed by atoms with Gasteiger partial charge in [-0.15, -0.1) is 22.7 Å². The van der Waals surface area contributed by atoms with E-state index in [4.69, 9.17) is 19.5 Å². The number of hydrogen-bond donors (Lipinski definition) is 1. The summed E-state index contributed by atoms with van der Waals surface area (Å²) in [6, 6.07) is 19.0. The van der Waals surface area contributed by atoms with Crippen molar-refractivity contribution in [3.63, 3.8) is 0 Å². The third kappa shape index (κ3) is 9.71. The molecule has 14 nitrogen and oxygen atoms in total. The summed E-state index contributed by atoms with van der Waals surface area (Å²) in [6.45, 7) is 3.62. The van der Waals surface area contributed by atoms with Crippen molar-refractivity contribution >= 4 is 94.9 Å². The van der Waals surface area contributed by atoms with Gasteiger partial charge in [0.1, 0.15) is 16.1 Å². The van der Waals surface area contributed by atoms with Gasteiger partial charge in [0.05, 0.1) is 38.4 Å². The molecule has 2 aromatic carbocycles. The maximum atomic E-state index is 12.8. The molecule has 0 unspecified atom stereocenters.